The standard InChI is InChI=1S/C7H3N2O2P/c10-12-5-4(3-1-8-2-9-3)11-7(12)6(5)12/h1-2H,(H,8,9). The highest BCUT2D eigenvalue weighted by molar-refractivity contribution is 8.06. The Morgan fingerprint density at radius 1 is 1.50 bits per heavy atom. The third kappa shape index (κ3) is 0.329. The van der Waals surface area contributed by atoms with Gasteiger partial charge in [0, 0.05) is 0 Å². The molecule has 1 N–H and O–H groups in total. The first-order valence-corrected chi connectivity index (χ1v) is 5.31. The van der Waals surface area contributed by atoms with Crippen LogP contribution in [0.15, 0.2) is 16.9 Å². The van der Waals surface area contributed by atoms with Gasteiger partial charge in [-0.15, -0.1) is 0 Å². The van der Waals surface area contributed by atoms with Crippen LogP contribution in [0.4, 0.5) is 0 Å². The first-order valence-electron chi connectivity index (χ1n) is 3.61. The minimum Gasteiger partial charge on any atom is -0.449 e. The fourth-order valence-electron chi connectivity index (χ4n) is 1.66. The SMILES string of the molecule is O=P12c3oc(-c4cnc[nH]4)c1c32. The van der Waals surface area contributed by atoms with E-state index in [9.17, 15) is 4.57 Å². The smallest absolute Gasteiger partial charge is 0.214 e. The van der Waals surface area contributed by atoms with Crippen molar-refractivity contribution in [1.29, 1.82) is 0 Å². The van der Waals surface area contributed by atoms with Crippen LogP contribution in [0.25, 0.3) is 11.5 Å². The van der Waals surface area contributed by atoms with Crippen LogP contribution in [0.1, 0.15) is 0 Å². The molecule has 0 amide bonds. The molecule has 2 aromatic heterocycles. The highest BCUT2D eigenvalue weighted by atomic mass is 31.2. The Balaban J connectivity index is 2.06. The second kappa shape index (κ2) is 1.21. The number of rotatable bonds is 1. The molecule has 0 fully saturated rings. The highest BCUT2D eigenvalue weighted by Crippen LogP contribution is 2.70. The van der Waals surface area contributed by atoms with E-state index in [2.05, 4.69) is 9.97 Å². The lowest BCUT2D eigenvalue weighted by molar-refractivity contribution is 0.590. The average Bonchev–Trinajstić information content (AvgIpc) is 2.75. The van der Waals surface area contributed by atoms with Crippen molar-refractivity contribution in [3.8, 4) is 11.5 Å². The largest absolute Gasteiger partial charge is 0.449 e. The molecular weight excluding hydrogens is 175 g/mol. The Morgan fingerprint density at radius 2 is 2.33 bits per heavy atom. The van der Waals surface area contributed by atoms with Crippen LogP contribution in [0.5, 0.6) is 0 Å². The summed E-state index contributed by atoms with van der Waals surface area (Å²) in [5.41, 5.74) is 1.56. The van der Waals surface area contributed by atoms with Crippen molar-refractivity contribution >= 4 is 23.3 Å². The van der Waals surface area contributed by atoms with Crippen molar-refractivity contribution in [3.63, 3.8) is 0 Å². The first kappa shape index (κ1) is 5.38. The number of aromatic amines is 1. The van der Waals surface area contributed by atoms with Gasteiger partial charge in [0.1, 0.15) is 5.69 Å². The predicted molar refractivity (Wildman–Crippen MR) is 42.8 cm³/mol. The molecule has 2 bridgehead atoms. The van der Waals surface area contributed by atoms with Crippen LogP contribution < -0.4 is 16.1 Å². The number of hydrogen-bond acceptors (Lipinski definition) is 3. The Morgan fingerprint density at radius 3 is 2.83 bits per heavy atom. The van der Waals surface area contributed by atoms with E-state index in [4.69, 9.17) is 4.42 Å². The topological polar surface area (TPSA) is 58.9 Å². The molecule has 4 nitrogen and oxygen atoms in total. The van der Waals surface area contributed by atoms with E-state index in [1.54, 1.807) is 12.5 Å². The molecule has 0 aliphatic carbocycles. The lowest BCUT2D eigenvalue weighted by Crippen LogP contribution is -1.95. The van der Waals surface area contributed by atoms with E-state index in [-0.39, 0.29) is 0 Å². The van der Waals surface area contributed by atoms with Gasteiger partial charge in [-0.05, 0) is 0 Å². The zero-order chi connectivity index (χ0) is 7.92. The summed E-state index contributed by atoms with van der Waals surface area (Å²) in [4.78, 5) is 6.80. The van der Waals surface area contributed by atoms with Gasteiger partial charge in [-0.2, -0.15) is 0 Å². The number of nitrogens with zero attached hydrogens (tertiary/aromatic N) is 1. The fraction of sp³-hybridized carbons (Fsp3) is 0. The molecule has 5 heterocycles. The molecule has 2 aromatic rings. The number of hydrogen-bond donors (Lipinski definition) is 1. The summed E-state index contributed by atoms with van der Waals surface area (Å²) in [5.74, 6) is 0.737. The van der Waals surface area contributed by atoms with Gasteiger partial charge in [0.2, 0.25) is 7.14 Å². The number of imidazole rings is 1. The molecule has 58 valence electrons. The molecule has 0 radical (unpaired) electrons. The quantitative estimate of drug-likeness (QED) is 0.415. The van der Waals surface area contributed by atoms with Crippen LogP contribution in [-0.4, -0.2) is 9.97 Å². The van der Waals surface area contributed by atoms with Gasteiger partial charge < -0.3 is 14.0 Å². The van der Waals surface area contributed by atoms with Gasteiger partial charge in [0.15, 0.2) is 11.3 Å². The van der Waals surface area contributed by atoms with Crippen LogP contribution in [-0.2, 0) is 4.57 Å². The minimum absolute atomic E-state index is 0.737. The minimum atomic E-state index is -2.05. The summed E-state index contributed by atoms with van der Waals surface area (Å²) in [6, 6.07) is 0. The highest BCUT2D eigenvalue weighted by Gasteiger charge is 2.74. The Hall–Kier alpha value is -1.28. The summed E-state index contributed by atoms with van der Waals surface area (Å²) >= 11 is 0. The third-order valence-electron chi connectivity index (χ3n) is 2.40. The van der Waals surface area contributed by atoms with Crippen LogP contribution >= 0.6 is 7.14 Å². The van der Waals surface area contributed by atoms with Gasteiger partial charge in [-0.3, -0.25) is 0 Å². The Kier molecular flexibility index (Phi) is 0.542. The molecule has 5 heteroatoms. The first-order chi connectivity index (χ1) is 5.83. The van der Waals surface area contributed by atoms with Gasteiger partial charge >= 0.3 is 0 Å². The molecule has 1 unspecified atom stereocenters. The van der Waals surface area contributed by atoms with Crippen molar-refractivity contribution in [1.82, 2.24) is 9.97 Å². The van der Waals surface area contributed by atoms with E-state index in [1.807, 2.05) is 0 Å². The molecular formula is C7H3N2O2P. The lowest BCUT2D eigenvalue weighted by Gasteiger charge is -1.84. The summed E-state index contributed by atoms with van der Waals surface area (Å²) in [6.07, 6.45) is 3.26. The molecule has 5 rings (SSSR count). The maximum atomic E-state index is 11.5. The van der Waals surface area contributed by atoms with Crippen LogP contribution in [0, 0.1) is 0 Å². The van der Waals surface area contributed by atoms with Gasteiger partial charge in [0.25, 0.3) is 0 Å². The van der Waals surface area contributed by atoms with Crippen LogP contribution in [0.3, 0.4) is 0 Å². The number of H-pyrrole nitrogens is 1. The van der Waals surface area contributed by atoms with E-state index >= 15 is 0 Å². The summed E-state index contributed by atoms with van der Waals surface area (Å²) < 4.78 is 16.9. The van der Waals surface area contributed by atoms with E-state index in [1.165, 1.54) is 0 Å². The maximum absolute atomic E-state index is 11.5. The zero-order valence-corrected chi connectivity index (χ0v) is 6.76. The van der Waals surface area contributed by atoms with Crippen LogP contribution in [0.2, 0.25) is 0 Å². The molecule has 0 saturated carbocycles. The fourth-order valence-corrected chi connectivity index (χ4v) is 4.16. The molecule has 12 heavy (non-hydrogen) atoms. The monoisotopic (exact) mass is 178 g/mol. The van der Waals surface area contributed by atoms with Gasteiger partial charge in [-0.25, -0.2) is 4.98 Å². The number of nitrogens with one attached hydrogen (secondary N) is 1. The number of furan rings is 1. The average molecular weight is 178 g/mol. The second-order valence-corrected chi connectivity index (χ2v) is 5.53. The predicted octanol–water partition coefficient (Wildman–Crippen LogP) is -0.0641. The molecule has 1 atom stereocenters. The van der Waals surface area contributed by atoms with Gasteiger partial charge in [-0.1, -0.05) is 0 Å². The van der Waals surface area contributed by atoms with Gasteiger partial charge in [0.05, 0.1) is 23.1 Å². The van der Waals surface area contributed by atoms with Crippen molar-refractivity contribution in [2.75, 3.05) is 0 Å². The molecule has 0 spiro atoms. The zero-order valence-electron chi connectivity index (χ0n) is 5.87. The van der Waals surface area contributed by atoms with E-state index in [0.717, 1.165) is 27.6 Å². The molecule has 3 aliphatic heterocycles. The summed E-state index contributed by atoms with van der Waals surface area (Å²) in [6.45, 7) is 0. The third-order valence-corrected chi connectivity index (χ3v) is 4.95. The maximum Gasteiger partial charge on any atom is 0.214 e. The number of aromatic nitrogens is 2. The normalized spacial score (nSPS) is 27.0. The lowest BCUT2D eigenvalue weighted by atomic mass is 10.4. The summed E-state index contributed by atoms with van der Waals surface area (Å²) in [7, 11) is -2.05. The Bertz CT molecular complexity index is 543. The van der Waals surface area contributed by atoms with Crippen molar-refractivity contribution in [3.05, 3.63) is 12.5 Å². The Labute approximate surface area is 67.0 Å². The van der Waals surface area contributed by atoms with Crippen molar-refractivity contribution in [2.24, 2.45) is 0 Å². The summed E-state index contributed by atoms with van der Waals surface area (Å²) in [5, 5.41) is 1.94. The molecule has 3 aliphatic rings. The van der Waals surface area contributed by atoms with E-state index < -0.39 is 7.14 Å². The van der Waals surface area contributed by atoms with Crippen molar-refractivity contribution < 1.29 is 8.98 Å². The molecule has 0 saturated heterocycles. The van der Waals surface area contributed by atoms with Crippen molar-refractivity contribution in [2.45, 2.75) is 0 Å². The second-order valence-electron chi connectivity index (χ2n) is 3.01. The number of fused-ring (bicyclic) bond motifs is 1. The molecule has 0 aromatic carbocycles. The van der Waals surface area contributed by atoms with E-state index in [0.29, 0.717) is 0 Å².